The SMILES string of the molecule is O=C(CCCCCCNc1nc2cc(C(=O)O)ccc2c2cnccc12)NO. The standard InChI is InChI=1S/C20H22N4O4/c25-18(24-28)5-3-1-2-4-9-22-19-15-8-10-21-12-16(15)14-7-6-13(20(26)27)11-17(14)23-19/h6-8,10-12,28H,1-5,9H2,(H,22,23)(H,24,25)(H,26,27). The minimum Gasteiger partial charge on any atom is -0.478 e. The lowest BCUT2D eigenvalue weighted by Crippen LogP contribution is -2.17. The Kier molecular flexibility index (Phi) is 6.33. The Morgan fingerprint density at radius 1 is 1.00 bits per heavy atom. The molecule has 1 aromatic carbocycles. The van der Waals surface area contributed by atoms with Crippen molar-refractivity contribution < 1.29 is 19.9 Å². The molecule has 0 saturated heterocycles. The summed E-state index contributed by atoms with van der Waals surface area (Å²) in [7, 11) is 0. The fourth-order valence-corrected chi connectivity index (χ4v) is 3.14. The number of carboxylic acids is 1. The van der Waals surface area contributed by atoms with Gasteiger partial charge in [-0.3, -0.25) is 15.0 Å². The first-order valence-electron chi connectivity index (χ1n) is 9.17. The number of hydroxylamine groups is 1. The van der Waals surface area contributed by atoms with Crippen LogP contribution in [0.1, 0.15) is 42.5 Å². The van der Waals surface area contributed by atoms with Gasteiger partial charge in [-0.1, -0.05) is 18.9 Å². The minimum atomic E-state index is -0.987. The molecule has 0 bridgehead atoms. The molecule has 0 fully saturated rings. The van der Waals surface area contributed by atoms with E-state index in [9.17, 15) is 14.7 Å². The van der Waals surface area contributed by atoms with E-state index in [1.807, 2.05) is 6.07 Å². The lowest BCUT2D eigenvalue weighted by molar-refractivity contribution is -0.129. The lowest BCUT2D eigenvalue weighted by atomic mass is 10.1. The number of carbonyl (C=O) groups excluding carboxylic acids is 1. The largest absolute Gasteiger partial charge is 0.478 e. The number of amides is 1. The van der Waals surface area contributed by atoms with E-state index in [0.29, 0.717) is 24.3 Å². The minimum absolute atomic E-state index is 0.195. The first-order valence-corrected chi connectivity index (χ1v) is 9.17. The first kappa shape index (κ1) is 19.5. The number of hydrogen-bond donors (Lipinski definition) is 4. The zero-order chi connectivity index (χ0) is 19.9. The summed E-state index contributed by atoms with van der Waals surface area (Å²) < 4.78 is 0. The first-order chi connectivity index (χ1) is 13.6. The summed E-state index contributed by atoms with van der Waals surface area (Å²) in [4.78, 5) is 31.0. The maximum atomic E-state index is 11.3. The van der Waals surface area contributed by atoms with Gasteiger partial charge < -0.3 is 10.4 Å². The van der Waals surface area contributed by atoms with Gasteiger partial charge in [-0.25, -0.2) is 15.3 Å². The van der Waals surface area contributed by atoms with Gasteiger partial charge in [0, 0.05) is 41.5 Å². The number of aromatic nitrogens is 2. The zero-order valence-electron chi connectivity index (χ0n) is 15.3. The van der Waals surface area contributed by atoms with Crippen LogP contribution < -0.4 is 10.8 Å². The summed E-state index contributed by atoms with van der Waals surface area (Å²) in [6.45, 7) is 0.709. The number of benzene rings is 1. The van der Waals surface area contributed by atoms with Gasteiger partial charge in [0.05, 0.1) is 11.1 Å². The highest BCUT2D eigenvalue weighted by Crippen LogP contribution is 2.29. The fraction of sp³-hybridized carbons (Fsp3) is 0.300. The van der Waals surface area contributed by atoms with Crippen molar-refractivity contribution in [2.45, 2.75) is 32.1 Å². The number of aromatic carboxylic acids is 1. The number of unbranched alkanes of at least 4 members (excludes halogenated alkanes) is 3. The molecule has 3 rings (SSSR count). The summed E-state index contributed by atoms with van der Waals surface area (Å²) in [5.41, 5.74) is 2.43. The molecule has 2 aromatic heterocycles. The van der Waals surface area contributed by atoms with Crippen molar-refractivity contribution in [1.82, 2.24) is 15.4 Å². The summed E-state index contributed by atoms with van der Waals surface area (Å²) in [5, 5.41) is 23.7. The van der Waals surface area contributed by atoms with Crippen LogP contribution in [0, 0.1) is 0 Å². The van der Waals surface area contributed by atoms with Crippen LogP contribution in [-0.2, 0) is 4.79 Å². The fourth-order valence-electron chi connectivity index (χ4n) is 3.14. The van der Waals surface area contributed by atoms with Gasteiger partial charge in [0.25, 0.3) is 0 Å². The second-order valence-electron chi connectivity index (χ2n) is 6.54. The number of carbonyl (C=O) groups is 2. The third-order valence-corrected chi connectivity index (χ3v) is 4.59. The van der Waals surface area contributed by atoms with Crippen molar-refractivity contribution in [3.63, 3.8) is 0 Å². The normalized spacial score (nSPS) is 10.9. The third kappa shape index (κ3) is 4.52. The third-order valence-electron chi connectivity index (χ3n) is 4.59. The van der Waals surface area contributed by atoms with Gasteiger partial charge in [-0.05, 0) is 31.0 Å². The number of nitrogens with one attached hydrogen (secondary N) is 2. The summed E-state index contributed by atoms with van der Waals surface area (Å²) in [6.07, 6.45) is 7.26. The van der Waals surface area contributed by atoms with Crippen LogP contribution in [0.2, 0.25) is 0 Å². The van der Waals surface area contributed by atoms with Gasteiger partial charge in [0.2, 0.25) is 5.91 Å². The van der Waals surface area contributed by atoms with Crippen LogP contribution in [0.3, 0.4) is 0 Å². The number of fused-ring (bicyclic) bond motifs is 3. The smallest absolute Gasteiger partial charge is 0.335 e. The average Bonchev–Trinajstić information content (AvgIpc) is 2.72. The Balaban J connectivity index is 1.71. The summed E-state index contributed by atoms with van der Waals surface area (Å²) in [6, 6.07) is 6.80. The van der Waals surface area contributed by atoms with Crippen LogP contribution in [0.15, 0.2) is 36.7 Å². The van der Waals surface area contributed by atoms with Crippen molar-refractivity contribution in [1.29, 1.82) is 0 Å². The highest BCUT2D eigenvalue weighted by Gasteiger charge is 2.11. The van der Waals surface area contributed by atoms with E-state index in [4.69, 9.17) is 5.21 Å². The molecule has 8 heteroatoms. The summed E-state index contributed by atoms with van der Waals surface area (Å²) in [5.74, 6) is -0.647. The molecule has 0 unspecified atom stereocenters. The van der Waals surface area contributed by atoms with E-state index in [1.165, 1.54) is 0 Å². The molecule has 8 nitrogen and oxygen atoms in total. The predicted molar refractivity (Wildman–Crippen MR) is 106 cm³/mol. The van der Waals surface area contributed by atoms with Crippen LogP contribution in [0.4, 0.5) is 5.82 Å². The van der Waals surface area contributed by atoms with E-state index in [2.05, 4.69) is 15.3 Å². The topological polar surface area (TPSA) is 124 Å². The average molecular weight is 382 g/mol. The van der Waals surface area contributed by atoms with Gasteiger partial charge in [-0.2, -0.15) is 0 Å². The Morgan fingerprint density at radius 3 is 2.61 bits per heavy atom. The number of carboxylic acid groups (broad SMARTS) is 1. The molecule has 0 saturated carbocycles. The molecule has 0 aliphatic rings. The zero-order valence-corrected chi connectivity index (χ0v) is 15.3. The van der Waals surface area contributed by atoms with E-state index < -0.39 is 5.97 Å². The Hall–Kier alpha value is -3.26. The van der Waals surface area contributed by atoms with Crippen LogP contribution in [-0.4, -0.2) is 38.7 Å². The number of pyridine rings is 2. The molecule has 3 aromatic rings. The van der Waals surface area contributed by atoms with E-state index in [1.54, 1.807) is 36.1 Å². The van der Waals surface area contributed by atoms with Gasteiger partial charge >= 0.3 is 5.97 Å². The number of rotatable bonds is 9. The number of hydrogen-bond acceptors (Lipinski definition) is 6. The highest BCUT2D eigenvalue weighted by molar-refractivity contribution is 6.10. The lowest BCUT2D eigenvalue weighted by Gasteiger charge is -2.12. The van der Waals surface area contributed by atoms with E-state index in [0.717, 1.165) is 41.8 Å². The molecular formula is C20H22N4O4. The molecule has 2 heterocycles. The van der Waals surface area contributed by atoms with E-state index in [-0.39, 0.29) is 11.5 Å². The Labute approximate surface area is 161 Å². The van der Waals surface area contributed by atoms with Gasteiger partial charge in [0.15, 0.2) is 0 Å². The van der Waals surface area contributed by atoms with Crippen LogP contribution in [0.5, 0.6) is 0 Å². The van der Waals surface area contributed by atoms with Gasteiger partial charge in [-0.15, -0.1) is 0 Å². The molecule has 0 aliphatic carbocycles. The second kappa shape index (κ2) is 9.09. The quantitative estimate of drug-likeness (QED) is 0.194. The molecular weight excluding hydrogens is 360 g/mol. The second-order valence-corrected chi connectivity index (χ2v) is 6.54. The number of nitrogens with zero attached hydrogens (tertiary/aromatic N) is 2. The Bertz CT molecular complexity index is 1010. The van der Waals surface area contributed by atoms with Crippen molar-refractivity contribution in [2.75, 3.05) is 11.9 Å². The van der Waals surface area contributed by atoms with Gasteiger partial charge in [0.1, 0.15) is 5.82 Å². The predicted octanol–water partition coefficient (Wildman–Crippen LogP) is 3.35. The number of anilines is 1. The van der Waals surface area contributed by atoms with Crippen molar-refractivity contribution in [3.8, 4) is 0 Å². The van der Waals surface area contributed by atoms with Crippen LogP contribution in [0.25, 0.3) is 21.7 Å². The molecule has 28 heavy (non-hydrogen) atoms. The van der Waals surface area contributed by atoms with Crippen molar-refractivity contribution in [3.05, 3.63) is 42.2 Å². The van der Waals surface area contributed by atoms with E-state index >= 15 is 0 Å². The van der Waals surface area contributed by atoms with Crippen molar-refractivity contribution in [2.24, 2.45) is 0 Å². The van der Waals surface area contributed by atoms with Crippen molar-refractivity contribution >= 4 is 39.4 Å². The molecule has 146 valence electrons. The molecule has 4 N–H and O–H groups in total. The Morgan fingerprint density at radius 2 is 1.82 bits per heavy atom. The molecule has 0 atom stereocenters. The maximum Gasteiger partial charge on any atom is 0.335 e. The monoisotopic (exact) mass is 382 g/mol. The molecule has 0 aliphatic heterocycles. The maximum absolute atomic E-state index is 11.3. The highest BCUT2D eigenvalue weighted by atomic mass is 16.5. The molecule has 0 spiro atoms. The molecule has 1 amide bonds. The van der Waals surface area contributed by atoms with Crippen LogP contribution >= 0.6 is 0 Å². The summed E-state index contributed by atoms with van der Waals surface area (Å²) >= 11 is 0. The molecule has 0 radical (unpaired) electrons.